The molecule has 0 radical (unpaired) electrons. The van der Waals surface area contributed by atoms with Crippen molar-refractivity contribution in [3.8, 4) is 0 Å². The summed E-state index contributed by atoms with van der Waals surface area (Å²) >= 11 is 0. The molecule has 2 atom stereocenters. The molecular formula is C13H26N2O. The molecule has 1 fully saturated rings. The van der Waals surface area contributed by atoms with Crippen molar-refractivity contribution in [3.05, 3.63) is 0 Å². The van der Waals surface area contributed by atoms with Crippen molar-refractivity contribution in [3.63, 3.8) is 0 Å². The van der Waals surface area contributed by atoms with Gasteiger partial charge in [-0.1, -0.05) is 20.3 Å². The maximum atomic E-state index is 11.9. The molecule has 0 aromatic heterocycles. The van der Waals surface area contributed by atoms with Gasteiger partial charge in [0.05, 0.1) is 6.54 Å². The first-order valence-electron chi connectivity index (χ1n) is 6.62. The summed E-state index contributed by atoms with van der Waals surface area (Å²) in [5.74, 6) is 0.893. The maximum Gasteiger partial charge on any atom is 0.236 e. The van der Waals surface area contributed by atoms with E-state index < -0.39 is 0 Å². The van der Waals surface area contributed by atoms with Crippen molar-refractivity contribution < 1.29 is 4.79 Å². The van der Waals surface area contributed by atoms with Crippen molar-refractivity contribution in [2.24, 2.45) is 5.92 Å². The third-order valence-corrected chi connectivity index (χ3v) is 3.72. The van der Waals surface area contributed by atoms with E-state index in [0.29, 0.717) is 24.5 Å². The first-order chi connectivity index (χ1) is 7.60. The summed E-state index contributed by atoms with van der Waals surface area (Å²) in [5, 5.41) is 3.34. The van der Waals surface area contributed by atoms with Crippen LogP contribution in [0.2, 0.25) is 0 Å². The Morgan fingerprint density at radius 3 is 2.44 bits per heavy atom. The first kappa shape index (κ1) is 13.5. The van der Waals surface area contributed by atoms with Gasteiger partial charge >= 0.3 is 0 Å². The molecule has 16 heavy (non-hydrogen) atoms. The van der Waals surface area contributed by atoms with Crippen LogP contribution in [0.3, 0.4) is 0 Å². The Morgan fingerprint density at radius 1 is 1.38 bits per heavy atom. The number of rotatable bonds is 7. The molecule has 1 N–H and O–H groups in total. The molecule has 0 saturated heterocycles. The maximum absolute atomic E-state index is 11.9. The normalized spacial score (nSPS) is 19.2. The molecule has 0 heterocycles. The van der Waals surface area contributed by atoms with Crippen molar-refractivity contribution in [2.45, 2.75) is 59.0 Å². The molecule has 0 spiro atoms. The number of carbonyl (C=O) groups excluding carboxylic acids is 1. The summed E-state index contributed by atoms with van der Waals surface area (Å²) in [6.07, 6.45) is 3.55. The summed E-state index contributed by atoms with van der Waals surface area (Å²) in [5.41, 5.74) is 0. The first-order valence-corrected chi connectivity index (χ1v) is 6.62. The molecule has 2 unspecified atom stereocenters. The van der Waals surface area contributed by atoms with Gasteiger partial charge < -0.3 is 10.2 Å². The van der Waals surface area contributed by atoms with Crippen LogP contribution in [0.15, 0.2) is 0 Å². The third kappa shape index (κ3) is 3.78. The summed E-state index contributed by atoms with van der Waals surface area (Å²) in [7, 11) is 0. The van der Waals surface area contributed by atoms with Crippen molar-refractivity contribution in [2.75, 3.05) is 13.1 Å². The fourth-order valence-corrected chi connectivity index (χ4v) is 1.93. The quantitative estimate of drug-likeness (QED) is 0.720. The fraction of sp³-hybridized carbons (Fsp3) is 0.923. The predicted molar refractivity (Wildman–Crippen MR) is 67.3 cm³/mol. The van der Waals surface area contributed by atoms with Gasteiger partial charge in [-0.3, -0.25) is 4.79 Å². The van der Waals surface area contributed by atoms with Crippen molar-refractivity contribution in [1.82, 2.24) is 10.2 Å². The summed E-state index contributed by atoms with van der Waals surface area (Å²) in [6.45, 7) is 9.98. The molecule has 1 aliphatic rings. The van der Waals surface area contributed by atoms with E-state index in [-0.39, 0.29) is 5.91 Å². The smallest absolute Gasteiger partial charge is 0.236 e. The number of likely N-dealkylation sites (N-methyl/N-ethyl adjacent to an activating group) is 1. The highest BCUT2D eigenvalue weighted by atomic mass is 16.2. The van der Waals surface area contributed by atoms with Crippen LogP contribution in [-0.2, 0) is 4.79 Å². The van der Waals surface area contributed by atoms with Gasteiger partial charge in [-0.05, 0) is 32.6 Å². The zero-order chi connectivity index (χ0) is 12.1. The van der Waals surface area contributed by atoms with Gasteiger partial charge in [0.1, 0.15) is 0 Å². The van der Waals surface area contributed by atoms with Crippen LogP contribution in [0.5, 0.6) is 0 Å². The monoisotopic (exact) mass is 226 g/mol. The molecule has 1 saturated carbocycles. The zero-order valence-corrected chi connectivity index (χ0v) is 11.1. The minimum absolute atomic E-state index is 0.264. The predicted octanol–water partition coefficient (Wildman–Crippen LogP) is 2.02. The van der Waals surface area contributed by atoms with Gasteiger partial charge in [-0.2, -0.15) is 0 Å². The summed E-state index contributed by atoms with van der Waals surface area (Å²) < 4.78 is 0. The second-order valence-electron chi connectivity index (χ2n) is 4.97. The molecule has 1 rings (SSSR count). The molecule has 3 nitrogen and oxygen atoms in total. The van der Waals surface area contributed by atoms with E-state index in [1.165, 1.54) is 12.8 Å². The fourth-order valence-electron chi connectivity index (χ4n) is 1.93. The second kappa shape index (κ2) is 6.24. The second-order valence-corrected chi connectivity index (χ2v) is 4.97. The zero-order valence-electron chi connectivity index (χ0n) is 11.1. The Bertz CT molecular complexity index is 226. The molecule has 0 bridgehead atoms. The van der Waals surface area contributed by atoms with E-state index in [1.807, 2.05) is 4.90 Å². The SMILES string of the molecule is CCC(C)C(C)NCC(=O)N(CC)C1CC1. The molecule has 3 heteroatoms. The highest BCUT2D eigenvalue weighted by Crippen LogP contribution is 2.26. The van der Waals surface area contributed by atoms with Gasteiger partial charge in [0.15, 0.2) is 0 Å². The Morgan fingerprint density at radius 2 is 2.00 bits per heavy atom. The lowest BCUT2D eigenvalue weighted by molar-refractivity contribution is -0.130. The Hall–Kier alpha value is -0.570. The van der Waals surface area contributed by atoms with Crippen molar-refractivity contribution in [1.29, 1.82) is 0 Å². The molecule has 1 amide bonds. The lowest BCUT2D eigenvalue weighted by Crippen LogP contribution is -2.43. The summed E-state index contributed by atoms with van der Waals surface area (Å²) in [6, 6.07) is 0.963. The molecular weight excluding hydrogens is 200 g/mol. The topological polar surface area (TPSA) is 32.3 Å². The van der Waals surface area contributed by atoms with Crippen LogP contribution in [0.1, 0.15) is 47.0 Å². The van der Waals surface area contributed by atoms with E-state index in [1.54, 1.807) is 0 Å². The van der Waals surface area contributed by atoms with Gasteiger partial charge in [-0.15, -0.1) is 0 Å². The minimum Gasteiger partial charge on any atom is -0.339 e. The van der Waals surface area contributed by atoms with E-state index >= 15 is 0 Å². The third-order valence-electron chi connectivity index (χ3n) is 3.72. The summed E-state index contributed by atoms with van der Waals surface area (Å²) in [4.78, 5) is 13.9. The van der Waals surface area contributed by atoms with Crippen LogP contribution in [0.25, 0.3) is 0 Å². The lowest BCUT2D eigenvalue weighted by Gasteiger charge is -2.24. The number of nitrogens with zero attached hydrogens (tertiary/aromatic N) is 1. The van der Waals surface area contributed by atoms with E-state index in [4.69, 9.17) is 0 Å². The van der Waals surface area contributed by atoms with Crippen LogP contribution in [0.4, 0.5) is 0 Å². The van der Waals surface area contributed by atoms with Gasteiger partial charge in [0.2, 0.25) is 5.91 Å². The van der Waals surface area contributed by atoms with Gasteiger partial charge in [0, 0.05) is 18.6 Å². The van der Waals surface area contributed by atoms with Crippen LogP contribution in [-0.4, -0.2) is 36.0 Å². The standard InChI is InChI=1S/C13H26N2O/c1-5-10(3)11(4)14-9-13(16)15(6-2)12-7-8-12/h10-12,14H,5-9H2,1-4H3. The highest BCUT2D eigenvalue weighted by Gasteiger charge is 2.31. The van der Waals surface area contributed by atoms with E-state index in [9.17, 15) is 4.79 Å². The average Bonchev–Trinajstić information content (AvgIpc) is 3.10. The largest absolute Gasteiger partial charge is 0.339 e. The Kier molecular flexibility index (Phi) is 5.26. The molecule has 0 aliphatic heterocycles. The number of nitrogens with one attached hydrogen (secondary N) is 1. The Balaban J connectivity index is 2.27. The number of hydrogen-bond acceptors (Lipinski definition) is 2. The Labute approximate surface area is 99.6 Å². The number of hydrogen-bond donors (Lipinski definition) is 1. The van der Waals surface area contributed by atoms with Gasteiger partial charge in [0.25, 0.3) is 0 Å². The van der Waals surface area contributed by atoms with Gasteiger partial charge in [-0.25, -0.2) is 0 Å². The molecule has 1 aliphatic carbocycles. The number of carbonyl (C=O) groups is 1. The molecule has 0 aromatic rings. The minimum atomic E-state index is 0.264. The number of amides is 1. The van der Waals surface area contributed by atoms with Crippen molar-refractivity contribution >= 4 is 5.91 Å². The molecule has 94 valence electrons. The van der Waals surface area contributed by atoms with E-state index in [0.717, 1.165) is 13.0 Å². The highest BCUT2D eigenvalue weighted by molar-refractivity contribution is 5.78. The van der Waals surface area contributed by atoms with Crippen LogP contribution in [0, 0.1) is 5.92 Å². The van der Waals surface area contributed by atoms with Crippen LogP contribution >= 0.6 is 0 Å². The van der Waals surface area contributed by atoms with Crippen LogP contribution < -0.4 is 5.32 Å². The average molecular weight is 226 g/mol. The lowest BCUT2D eigenvalue weighted by atomic mass is 10.0. The molecule has 0 aromatic carbocycles. The van der Waals surface area contributed by atoms with E-state index in [2.05, 4.69) is 33.0 Å².